The zero-order chi connectivity index (χ0) is 15.3. The van der Waals surface area contributed by atoms with E-state index in [9.17, 15) is 0 Å². The maximum atomic E-state index is 6.35. The minimum atomic E-state index is -0.486. The zero-order valence-corrected chi connectivity index (χ0v) is 12.6. The van der Waals surface area contributed by atoms with Crippen LogP contribution in [0, 0.1) is 0 Å². The van der Waals surface area contributed by atoms with Crippen LogP contribution in [0.5, 0.6) is 0 Å². The molecule has 2 aromatic rings. The van der Waals surface area contributed by atoms with Crippen molar-refractivity contribution in [2.24, 2.45) is 5.73 Å². The highest BCUT2D eigenvalue weighted by molar-refractivity contribution is 5.17. The van der Waals surface area contributed by atoms with E-state index in [1.54, 1.807) is 0 Å². The molecule has 1 aliphatic heterocycles. The van der Waals surface area contributed by atoms with E-state index in [-0.39, 0.29) is 6.29 Å². The molecule has 1 saturated heterocycles. The third-order valence-corrected chi connectivity index (χ3v) is 3.77. The van der Waals surface area contributed by atoms with Crippen LogP contribution in [0.2, 0.25) is 0 Å². The number of nitrogens with one attached hydrogen (secondary N) is 1. The zero-order valence-electron chi connectivity index (χ0n) is 12.6. The fourth-order valence-corrected chi connectivity index (χ4v) is 2.53. The van der Waals surface area contributed by atoms with Gasteiger partial charge in [0.25, 0.3) is 0 Å². The van der Waals surface area contributed by atoms with E-state index >= 15 is 0 Å². The molecule has 4 nitrogen and oxygen atoms in total. The summed E-state index contributed by atoms with van der Waals surface area (Å²) in [5.74, 6) is 0. The average Bonchev–Trinajstić information content (AvgIpc) is 2.57. The number of rotatable bonds is 5. The maximum absolute atomic E-state index is 6.35. The molecule has 0 bridgehead atoms. The summed E-state index contributed by atoms with van der Waals surface area (Å²) in [6.07, 6.45) is -0.313. The third-order valence-electron chi connectivity index (χ3n) is 3.77. The molecule has 22 heavy (non-hydrogen) atoms. The van der Waals surface area contributed by atoms with Crippen LogP contribution >= 0.6 is 0 Å². The van der Waals surface area contributed by atoms with Crippen LogP contribution < -0.4 is 11.1 Å². The fourth-order valence-electron chi connectivity index (χ4n) is 2.53. The molecule has 0 spiro atoms. The van der Waals surface area contributed by atoms with E-state index < -0.39 is 5.54 Å². The molecule has 3 rings (SSSR count). The molecule has 1 fully saturated rings. The number of hydrogen-bond donors (Lipinski definition) is 2. The summed E-state index contributed by atoms with van der Waals surface area (Å²) in [6.45, 7) is 2.41. The lowest BCUT2D eigenvalue weighted by atomic mass is 10.0. The van der Waals surface area contributed by atoms with Gasteiger partial charge in [0.2, 0.25) is 0 Å². The van der Waals surface area contributed by atoms with Crippen LogP contribution in [-0.2, 0) is 16.0 Å². The quantitative estimate of drug-likeness (QED) is 0.888. The average molecular weight is 298 g/mol. The second-order valence-corrected chi connectivity index (χ2v) is 5.82. The lowest BCUT2D eigenvalue weighted by Crippen LogP contribution is -2.58. The smallest absolute Gasteiger partial charge is 0.183 e. The molecule has 116 valence electrons. The third kappa shape index (κ3) is 3.93. The summed E-state index contributed by atoms with van der Waals surface area (Å²) in [5, 5.41) is 3.38. The maximum Gasteiger partial charge on any atom is 0.183 e. The molecule has 0 saturated carbocycles. The molecule has 0 radical (unpaired) electrons. The Bertz CT molecular complexity index is 561. The predicted molar refractivity (Wildman–Crippen MR) is 86.2 cm³/mol. The van der Waals surface area contributed by atoms with E-state index in [4.69, 9.17) is 15.2 Å². The molecule has 4 heteroatoms. The van der Waals surface area contributed by atoms with Gasteiger partial charge in [-0.05, 0) is 5.56 Å². The van der Waals surface area contributed by atoms with Crippen molar-refractivity contribution in [2.75, 3.05) is 19.8 Å². The predicted octanol–water partition coefficient (Wildman–Crippen LogP) is 2.22. The molecule has 0 unspecified atom stereocenters. The van der Waals surface area contributed by atoms with Crippen LogP contribution in [0.25, 0.3) is 0 Å². The summed E-state index contributed by atoms with van der Waals surface area (Å²) >= 11 is 0. The van der Waals surface area contributed by atoms with Gasteiger partial charge in [0, 0.05) is 18.7 Å². The van der Waals surface area contributed by atoms with E-state index in [2.05, 4.69) is 17.4 Å². The van der Waals surface area contributed by atoms with Gasteiger partial charge >= 0.3 is 0 Å². The van der Waals surface area contributed by atoms with Crippen molar-refractivity contribution in [3.8, 4) is 0 Å². The summed E-state index contributed by atoms with van der Waals surface area (Å²) in [6, 6.07) is 20.2. The molecule has 0 aliphatic carbocycles. The Morgan fingerprint density at radius 1 is 0.955 bits per heavy atom. The SMILES string of the molecule is NC1(CNCc2ccccc2)COC(c2ccccc2)OC1. The first-order chi connectivity index (χ1) is 10.8. The number of nitrogens with two attached hydrogens (primary N) is 1. The lowest BCUT2D eigenvalue weighted by molar-refractivity contribution is -0.210. The molecule has 1 heterocycles. The Morgan fingerprint density at radius 2 is 1.55 bits per heavy atom. The highest BCUT2D eigenvalue weighted by atomic mass is 16.7. The van der Waals surface area contributed by atoms with Crippen LogP contribution in [0.4, 0.5) is 0 Å². The van der Waals surface area contributed by atoms with Gasteiger partial charge in [-0.15, -0.1) is 0 Å². The minimum absolute atomic E-state index is 0.313. The summed E-state index contributed by atoms with van der Waals surface area (Å²) in [4.78, 5) is 0. The second-order valence-electron chi connectivity index (χ2n) is 5.82. The molecule has 3 N–H and O–H groups in total. The highest BCUT2D eigenvalue weighted by Gasteiger charge is 2.33. The minimum Gasteiger partial charge on any atom is -0.346 e. The van der Waals surface area contributed by atoms with E-state index in [1.807, 2.05) is 48.5 Å². The first-order valence-electron chi connectivity index (χ1n) is 7.57. The van der Waals surface area contributed by atoms with Gasteiger partial charge in [0.1, 0.15) is 0 Å². The van der Waals surface area contributed by atoms with E-state index in [1.165, 1.54) is 5.56 Å². The molecular weight excluding hydrogens is 276 g/mol. The molecule has 0 amide bonds. The van der Waals surface area contributed by atoms with Gasteiger partial charge in [-0.3, -0.25) is 0 Å². The van der Waals surface area contributed by atoms with Crippen molar-refractivity contribution in [1.82, 2.24) is 5.32 Å². The summed E-state index contributed by atoms with van der Waals surface area (Å²) < 4.78 is 11.6. The Kier molecular flexibility index (Phi) is 4.85. The lowest BCUT2D eigenvalue weighted by Gasteiger charge is -2.37. The van der Waals surface area contributed by atoms with Crippen LogP contribution in [0.15, 0.2) is 60.7 Å². The summed E-state index contributed by atoms with van der Waals surface area (Å²) in [7, 11) is 0. The topological polar surface area (TPSA) is 56.5 Å². The van der Waals surface area contributed by atoms with Gasteiger partial charge in [-0.25, -0.2) is 0 Å². The highest BCUT2D eigenvalue weighted by Crippen LogP contribution is 2.25. The fraction of sp³-hybridized carbons (Fsp3) is 0.333. The van der Waals surface area contributed by atoms with E-state index in [0.717, 1.165) is 12.1 Å². The standard InChI is InChI=1S/C18H22N2O2/c19-18(12-20-11-15-7-3-1-4-8-15)13-21-17(22-14-18)16-9-5-2-6-10-16/h1-10,17,20H,11-14,19H2. The largest absolute Gasteiger partial charge is 0.346 e. The van der Waals surface area contributed by atoms with Crippen molar-refractivity contribution in [3.63, 3.8) is 0 Å². The van der Waals surface area contributed by atoms with Gasteiger partial charge in [0.05, 0.1) is 18.8 Å². The van der Waals surface area contributed by atoms with Gasteiger partial charge < -0.3 is 20.5 Å². The number of benzene rings is 2. The first-order valence-corrected chi connectivity index (χ1v) is 7.57. The Morgan fingerprint density at radius 3 is 2.18 bits per heavy atom. The Labute approximate surface area is 131 Å². The van der Waals surface area contributed by atoms with Crippen molar-refractivity contribution in [1.29, 1.82) is 0 Å². The number of ether oxygens (including phenoxy) is 2. The molecule has 1 aliphatic rings. The van der Waals surface area contributed by atoms with Crippen LogP contribution in [-0.4, -0.2) is 25.3 Å². The molecule has 0 atom stereocenters. The normalized spacial score (nSPS) is 25.0. The second kappa shape index (κ2) is 7.03. The summed E-state index contributed by atoms with van der Waals surface area (Å²) in [5.41, 5.74) is 8.14. The van der Waals surface area contributed by atoms with Crippen molar-refractivity contribution in [3.05, 3.63) is 71.8 Å². The van der Waals surface area contributed by atoms with Crippen LogP contribution in [0.1, 0.15) is 17.4 Å². The molecule has 2 aromatic carbocycles. The number of hydrogen-bond acceptors (Lipinski definition) is 4. The van der Waals surface area contributed by atoms with Crippen molar-refractivity contribution < 1.29 is 9.47 Å². The van der Waals surface area contributed by atoms with Gasteiger partial charge in [0.15, 0.2) is 6.29 Å². The Hall–Kier alpha value is -1.72. The monoisotopic (exact) mass is 298 g/mol. The molecular formula is C18H22N2O2. The van der Waals surface area contributed by atoms with Crippen LogP contribution in [0.3, 0.4) is 0 Å². The van der Waals surface area contributed by atoms with Crippen molar-refractivity contribution >= 4 is 0 Å². The van der Waals surface area contributed by atoms with Gasteiger partial charge in [-0.2, -0.15) is 0 Å². The Balaban J connectivity index is 1.47. The van der Waals surface area contributed by atoms with Crippen molar-refractivity contribution in [2.45, 2.75) is 18.4 Å². The van der Waals surface area contributed by atoms with E-state index in [0.29, 0.717) is 19.8 Å². The first kappa shape index (κ1) is 15.2. The molecule has 0 aromatic heterocycles. The van der Waals surface area contributed by atoms with Gasteiger partial charge in [-0.1, -0.05) is 60.7 Å².